The predicted octanol–water partition coefficient (Wildman–Crippen LogP) is 12.4. The van der Waals surface area contributed by atoms with E-state index in [9.17, 15) is 0 Å². The number of hydrogen-bond donors (Lipinski definition) is 0. The molecule has 0 radical (unpaired) electrons. The van der Waals surface area contributed by atoms with Crippen molar-refractivity contribution in [3.63, 3.8) is 0 Å². The molecule has 0 amide bonds. The second-order valence-corrected chi connectivity index (χ2v) is 12.2. The zero-order chi connectivity index (χ0) is 36.0. The molecule has 0 aliphatic rings. The van der Waals surface area contributed by atoms with E-state index in [0.29, 0.717) is 5.56 Å². The topological polar surface area (TPSA) is 9.86 Å². The highest BCUT2D eigenvalue weighted by molar-refractivity contribution is 6.25. The van der Waals surface area contributed by atoms with Crippen molar-refractivity contribution in [2.75, 3.05) is 0 Å². The molecule has 2 nitrogen and oxygen atoms in total. The Morgan fingerprint density at radius 3 is 1.69 bits per heavy atom. The van der Waals surface area contributed by atoms with Gasteiger partial charge in [-0.05, 0) is 81.6 Å². The van der Waals surface area contributed by atoms with Gasteiger partial charge in [-0.1, -0.05) is 133 Å². The van der Waals surface area contributed by atoms with Crippen molar-refractivity contribution in [3.8, 4) is 33.6 Å². The van der Waals surface area contributed by atoms with E-state index in [1.807, 2.05) is 30.3 Å². The van der Waals surface area contributed by atoms with Gasteiger partial charge in [-0.2, -0.15) is 0 Å². The van der Waals surface area contributed by atoms with Crippen molar-refractivity contribution in [1.29, 1.82) is 0 Å². The Kier molecular flexibility index (Phi) is 4.89. The number of hydrogen-bond acceptors (Lipinski definition) is 0. The van der Waals surface area contributed by atoms with Crippen molar-refractivity contribution in [2.45, 2.75) is 0 Å². The standard InChI is InChI=1S/C46H30N2/c1-3-11-31(12-4-1)33-19-24-36(25-20-33)47-42-18-10-9-17-39(42)40-29-41-45(30-44(40)47)48(43-28-23-35-15-7-8-16-38(35)46(41)43)37-26-21-34(22-27-37)32-13-5-2-6-14-32/h1-30H/i1D,3D,4D,11D,12D. The smallest absolute Gasteiger partial charge is 0.0629 e. The van der Waals surface area contributed by atoms with Crippen LogP contribution in [0.5, 0.6) is 0 Å². The third-order valence-corrected chi connectivity index (χ3v) is 9.60. The molecule has 0 spiro atoms. The summed E-state index contributed by atoms with van der Waals surface area (Å²) in [5.41, 5.74) is 9.42. The van der Waals surface area contributed by atoms with E-state index in [1.165, 1.54) is 27.1 Å². The van der Waals surface area contributed by atoms with E-state index in [-0.39, 0.29) is 29.7 Å². The molecule has 0 aliphatic carbocycles. The Labute approximate surface area is 285 Å². The Balaban J connectivity index is 1.24. The van der Waals surface area contributed by atoms with Gasteiger partial charge in [0.25, 0.3) is 0 Å². The Morgan fingerprint density at radius 2 is 0.938 bits per heavy atom. The second-order valence-electron chi connectivity index (χ2n) is 12.2. The van der Waals surface area contributed by atoms with Gasteiger partial charge < -0.3 is 9.13 Å². The monoisotopic (exact) mass is 615 g/mol. The number of fused-ring (bicyclic) bond motifs is 8. The molecule has 0 N–H and O–H groups in total. The van der Waals surface area contributed by atoms with Crippen molar-refractivity contribution < 1.29 is 6.85 Å². The van der Waals surface area contributed by atoms with Crippen LogP contribution in [0.4, 0.5) is 0 Å². The van der Waals surface area contributed by atoms with Gasteiger partial charge in [0.2, 0.25) is 0 Å². The predicted molar refractivity (Wildman–Crippen MR) is 203 cm³/mol. The molecule has 2 heterocycles. The zero-order valence-corrected chi connectivity index (χ0v) is 25.8. The van der Waals surface area contributed by atoms with Gasteiger partial charge in [0.15, 0.2) is 0 Å². The summed E-state index contributed by atoms with van der Waals surface area (Å²) in [6.07, 6.45) is 0. The third-order valence-electron chi connectivity index (χ3n) is 9.60. The Morgan fingerprint density at radius 1 is 0.354 bits per heavy atom. The van der Waals surface area contributed by atoms with E-state index in [2.05, 4.69) is 130 Å². The second kappa shape index (κ2) is 10.6. The first-order valence-electron chi connectivity index (χ1n) is 18.6. The Bertz CT molecular complexity index is 3060. The molecule has 2 aromatic heterocycles. The van der Waals surface area contributed by atoms with Crippen molar-refractivity contribution in [1.82, 2.24) is 9.13 Å². The minimum absolute atomic E-state index is 0.196. The lowest BCUT2D eigenvalue weighted by Gasteiger charge is -2.11. The van der Waals surface area contributed by atoms with Gasteiger partial charge in [0.1, 0.15) is 0 Å². The first-order valence-corrected chi connectivity index (χ1v) is 16.1. The molecule has 48 heavy (non-hydrogen) atoms. The van der Waals surface area contributed by atoms with Crippen LogP contribution < -0.4 is 0 Å². The highest BCUT2D eigenvalue weighted by atomic mass is 15.0. The summed E-state index contributed by atoms with van der Waals surface area (Å²) in [4.78, 5) is 0. The fourth-order valence-electron chi connectivity index (χ4n) is 7.41. The Hall–Kier alpha value is -6.38. The summed E-state index contributed by atoms with van der Waals surface area (Å²) in [7, 11) is 0. The quantitative estimate of drug-likeness (QED) is 0.186. The molecule has 0 bridgehead atoms. The fourth-order valence-corrected chi connectivity index (χ4v) is 7.41. The van der Waals surface area contributed by atoms with Crippen LogP contribution in [0.25, 0.3) is 88.0 Å². The van der Waals surface area contributed by atoms with Crippen molar-refractivity contribution >= 4 is 54.4 Å². The van der Waals surface area contributed by atoms with E-state index in [0.717, 1.165) is 49.8 Å². The first kappa shape index (κ1) is 22.2. The summed E-state index contributed by atoms with van der Waals surface area (Å²) in [6, 6.07) is 51.4. The molecule has 0 saturated heterocycles. The first-order chi connectivity index (χ1) is 25.9. The van der Waals surface area contributed by atoms with Gasteiger partial charge in [-0.15, -0.1) is 0 Å². The van der Waals surface area contributed by atoms with Gasteiger partial charge in [-0.3, -0.25) is 0 Å². The van der Waals surface area contributed by atoms with Crippen LogP contribution >= 0.6 is 0 Å². The minimum Gasteiger partial charge on any atom is -0.309 e. The van der Waals surface area contributed by atoms with Crippen LogP contribution in [0.15, 0.2) is 182 Å². The van der Waals surface area contributed by atoms with Crippen LogP contribution in [0.1, 0.15) is 6.85 Å². The van der Waals surface area contributed by atoms with Gasteiger partial charge in [0, 0.05) is 32.9 Å². The van der Waals surface area contributed by atoms with Crippen LogP contribution in [-0.4, -0.2) is 9.13 Å². The van der Waals surface area contributed by atoms with Crippen molar-refractivity contribution in [2.24, 2.45) is 0 Å². The van der Waals surface area contributed by atoms with E-state index < -0.39 is 6.04 Å². The number of rotatable bonds is 4. The highest BCUT2D eigenvalue weighted by Gasteiger charge is 2.20. The molecule has 0 aliphatic heterocycles. The average Bonchev–Trinajstić information content (AvgIpc) is 3.71. The van der Waals surface area contributed by atoms with E-state index in [4.69, 9.17) is 6.85 Å². The molecule has 0 fully saturated rings. The lowest BCUT2D eigenvalue weighted by Crippen LogP contribution is -1.96. The molecular formula is C46H30N2. The zero-order valence-electron chi connectivity index (χ0n) is 30.8. The fraction of sp³-hybridized carbons (Fsp3) is 0. The summed E-state index contributed by atoms with van der Waals surface area (Å²) < 4.78 is 46.1. The number of nitrogens with zero attached hydrogens (tertiary/aromatic N) is 2. The van der Waals surface area contributed by atoms with E-state index in [1.54, 1.807) is 0 Å². The average molecular weight is 616 g/mol. The molecule has 10 aromatic rings. The maximum Gasteiger partial charge on any atom is 0.0629 e. The SMILES string of the molecule is [2H]c1c([2H])c([2H])c(-c2ccc(-n3c4ccccc4c4cc5c6c7ccccc7ccc6n(-c6ccc(-c7ccccc7)cc6)c5cc43)cc2)c([2H])c1[2H]. The van der Waals surface area contributed by atoms with Crippen LogP contribution in [0.2, 0.25) is 0 Å². The molecule has 0 atom stereocenters. The van der Waals surface area contributed by atoms with Crippen LogP contribution in [-0.2, 0) is 0 Å². The third kappa shape index (κ3) is 4.06. The maximum absolute atomic E-state index is 8.52. The summed E-state index contributed by atoms with van der Waals surface area (Å²) in [6.45, 7) is 0. The normalized spacial score (nSPS) is 13.2. The number of aromatic nitrogens is 2. The van der Waals surface area contributed by atoms with Gasteiger partial charge in [0.05, 0.1) is 28.9 Å². The van der Waals surface area contributed by atoms with Gasteiger partial charge >= 0.3 is 0 Å². The van der Waals surface area contributed by atoms with E-state index >= 15 is 0 Å². The lowest BCUT2D eigenvalue weighted by molar-refractivity contribution is 1.17. The molecule has 10 rings (SSSR count). The summed E-state index contributed by atoms with van der Waals surface area (Å²) >= 11 is 0. The van der Waals surface area contributed by atoms with Crippen LogP contribution in [0, 0.1) is 0 Å². The van der Waals surface area contributed by atoms with Crippen LogP contribution in [0.3, 0.4) is 0 Å². The number of benzene rings is 8. The highest BCUT2D eigenvalue weighted by Crippen LogP contribution is 2.42. The summed E-state index contributed by atoms with van der Waals surface area (Å²) in [5, 5.41) is 7.06. The molecular weight excluding hydrogens is 581 g/mol. The minimum atomic E-state index is -0.394. The van der Waals surface area contributed by atoms with Crippen molar-refractivity contribution in [3.05, 3.63) is 182 Å². The summed E-state index contributed by atoms with van der Waals surface area (Å²) in [5.74, 6) is 0. The lowest BCUT2D eigenvalue weighted by atomic mass is 10.0. The molecule has 0 unspecified atom stereocenters. The largest absolute Gasteiger partial charge is 0.309 e. The number of para-hydroxylation sites is 1. The molecule has 224 valence electrons. The molecule has 8 aromatic carbocycles. The maximum atomic E-state index is 8.52. The molecule has 0 saturated carbocycles. The van der Waals surface area contributed by atoms with Gasteiger partial charge in [-0.25, -0.2) is 0 Å². The molecule has 2 heteroatoms.